The van der Waals surface area contributed by atoms with Crippen LogP contribution in [0.3, 0.4) is 0 Å². The molecule has 0 radical (unpaired) electrons. The first-order chi connectivity index (χ1) is 9.13. The molecule has 0 amide bonds. The lowest BCUT2D eigenvalue weighted by Crippen LogP contribution is -1.84. The normalized spacial score (nSPS) is 10.8. The van der Waals surface area contributed by atoms with Crippen LogP contribution in [-0.2, 0) is 0 Å². The lowest BCUT2D eigenvalue weighted by Gasteiger charge is -2.04. The van der Waals surface area contributed by atoms with E-state index < -0.39 is 0 Å². The van der Waals surface area contributed by atoms with Crippen LogP contribution in [0.15, 0.2) is 36.4 Å². The molecule has 0 aliphatic carbocycles. The highest BCUT2D eigenvalue weighted by Gasteiger charge is 2.10. The molecule has 19 heavy (non-hydrogen) atoms. The van der Waals surface area contributed by atoms with Crippen molar-refractivity contribution in [3.05, 3.63) is 46.4 Å². The van der Waals surface area contributed by atoms with E-state index in [0.717, 1.165) is 10.2 Å². The largest absolute Gasteiger partial charge is 0.429 e. The Kier molecular flexibility index (Phi) is 3.22. The molecule has 0 aliphatic heterocycles. The van der Waals surface area contributed by atoms with Crippen molar-refractivity contribution >= 4 is 50.4 Å². The van der Waals surface area contributed by atoms with Crippen molar-refractivity contribution in [2.24, 2.45) is 0 Å². The van der Waals surface area contributed by atoms with E-state index in [1.54, 1.807) is 24.3 Å². The Balaban J connectivity index is 1.99. The standard InChI is InChI=1S/C13H8Cl2N2OS/c14-8-2-1-3-10(12(8)15)18-13-17-9-5-4-7(16)6-11(9)19-13/h1-6H,16H2. The fraction of sp³-hybridized carbons (Fsp3) is 0. The number of nitrogens with two attached hydrogens (primary N) is 1. The molecule has 0 saturated carbocycles. The van der Waals surface area contributed by atoms with Gasteiger partial charge in [0.1, 0.15) is 10.8 Å². The summed E-state index contributed by atoms with van der Waals surface area (Å²) in [6, 6.07) is 10.7. The van der Waals surface area contributed by atoms with Gasteiger partial charge in [0.15, 0.2) is 0 Å². The van der Waals surface area contributed by atoms with Crippen molar-refractivity contribution < 1.29 is 4.74 Å². The van der Waals surface area contributed by atoms with Crippen LogP contribution < -0.4 is 10.5 Å². The van der Waals surface area contributed by atoms with Gasteiger partial charge < -0.3 is 10.5 Å². The second-order valence-electron chi connectivity index (χ2n) is 3.86. The van der Waals surface area contributed by atoms with E-state index in [2.05, 4.69) is 4.98 Å². The van der Waals surface area contributed by atoms with Crippen LogP contribution in [0.1, 0.15) is 0 Å². The van der Waals surface area contributed by atoms with Crippen molar-refractivity contribution in [3.63, 3.8) is 0 Å². The van der Waals surface area contributed by atoms with Gasteiger partial charge in [-0.15, -0.1) is 0 Å². The molecule has 2 N–H and O–H groups in total. The Morgan fingerprint density at radius 3 is 2.84 bits per heavy atom. The molecule has 6 heteroatoms. The molecule has 0 aliphatic rings. The molecule has 3 nitrogen and oxygen atoms in total. The molecule has 0 bridgehead atoms. The third-order valence-electron chi connectivity index (χ3n) is 2.51. The number of benzene rings is 2. The van der Waals surface area contributed by atoms with E-state index in [0.29, 0.717) is 26.7 Å². The number of hydrogen-bond acceptors (Lipinski definition) is 4. The van der Waals surface area contributed by atoms with Crippen molar-refractivity contribution in [2.75, 3.05) is 5.73 Å². The lowest BCUT2D eigenvalue weighted by atomic mass is 10.3. The summed E-state index contributed by atoms with van der Waals surface area (Å²) in [5.41, 5.74) is 7.27. The molecular formula is C13H8Cl2N2OS. The van der Waals surface area contributed by atoms with Gasteiger partial charge in [-0.1, -0.05) is 40.6 Å². The van der Waals surface area contributed by atoms with E-state index in [1.807, 2.05) is 12.1 Å². The van der Waals surface area contributed by atoms with Crippen LogP contribution in [0, 0.1) is 0 Å². The van der Waals surface area contributed by atoms with Crippen LogP contribution in [-0.4, -0.2) is 4.98 Å². The minimum atomic E-state index is 0.378. The topological polar surface area (TPSA) is 48.1 Å². The van der Waals surface area contributed by atoms with Gasteiger partial charge in [-0.2, -0.15) is 0 Å². The second kappa shape index (κ2) is 4.89. The highest BCUT2D eigenvalue weighted by molar-refractivity contribution is 7.20. The van der Waals surface area contributed by atoms with E-state index in [4.69, 9.17) is 33.7 Å². The summed E-state index contributed by atoms with van der Waals surface area (Å²) >= 11 is 13.4. The molecule has 0 spiro atoms. The number of ether oxygens (including phenoxy) is 1. The average Bonchev–Trinajstić information content (AvgIpc) is 2.76. The summed E-state index contributed by atoms with van der Waals surface area (Å²) in [4.78, 5) is 4.36. The van der Waals surface area contributed by atoms with Crippen molar-refractivity contribution in [2.45, 2.75) is 0 Å². The molecule has 2 aromatic carbocycles. The molecule has 0 saturated heterocycles. The van der Waals surface area contributed by atoms with Gasteiger partial charge in [-0.05, 0) is 30.3 Å². The zero-order valence-electron chi connectivity index (χ0n) is 9.56. The predicted molar refractivity (Wildman–Crippen MR) is 80.6 cm³/mol. The number of rotatable bonds is 2. The van der Waals surface area contributed by atoms with Gasteiger partial charge in [0, 0.05) is 5.69 Å². The van der Waals surface area contributed by atoms with Crippen LogP contribution >= 0.6 is 34.5 Å². The fourth-order valence-corrected chi connectivity index (χ4v) is 2.83. The van der Waals surface area contributed by atoms with Crippen molar-refractivity contribution in [1.82, 2.24) is 4.98 Å². The molecule has 1 aromatic heterocycles. The van der Waals surface area contributed by atoms with E-state index in [1.165, 1.54) is 11.3 Å². The molecule has 0 unspecified atom stereocenters. The maximum Gasteiger partial charge on any atom is 0.279 e. The molecule has 96 valence electrons. The quantitative estimate of drug-likeness (QED) is 0.679. The number of anilines is 1. The summed E-state index contributed by atoms with van der Waals surface area (Å²) in [5.74, 6) is 0.487. The zero-order chi connectivity index (χ0) is 13.4. The van der Waals surface area contributed by atoms with Gasteiger partial charge in [-0.25, -0.2) is 4.98 Å². The van der Waals surface area contributed by atoms with Crippen LogP contribution in [0.4, 0.5) is 5.69 Å². The summed E-state index contributed by atoms with van der Waals surface area (Å²) in [6.45, 7) is 0. The van der Waals surface area contributed by atoms with E-state index in [-0.39, 0.29) is 0 Å². The number of nitrogens with zero attached hydrogens (tertiary/aromatic N) is 1. The highest BCUT2D eigenvalue weighted by atomic mass is 35.5. The molecule has 3 rings (SSSR count). The Hall–Kier alpha value is -1.49. The van der Waals surface area contributed by atoms with Crippen molar-refractivity contribution in [1.29, 1.82) is 0 Å². The van der Waals surface area contributed by atoms with Gasteiger partial charge >= 0.3 is 0 Å². The molecule has 3 aromatic rings. The second-order valence-corrected chi connectivity index (χ2v) is 5.64. The summed E-state index contributed by atoms with van der Waals surface area (Å²) in [7, 11) is 0. The summed E-state index contributed by atoms with van der Waals surface area (Å²) in [6.07, 6.45) is 0. The Labute approximate surface area is 123 Å². The minimum absolute atomic E-state index is 0.378. The van der Waals surface area contributed by atoms with Gasteiger partial charge in [0.25, 0.3) is 5.19 Å². The number of thiazole rings is 1. The summed E-state index contributed by atoms with van der Waals surface area (Å²) < 4.78 is 6.63. The molecule has 1 heterocycles. The first kappa shape index (κ1) is 12.5. The third-order valence-corrected chi connectivity index (χ3v) is 4.20. The molecular weight excluding hydrogens is 303 g/mol. The molecule has 0 fully saturated rings. The SMILES string of the molecule is Nc1ccc2nc(Oc3cccc(Cl)c3Cl)sc2c1. The van der Waals surface area contributed by atoms with Crippen molar-refractivity contribution in [3.8, 4) is 10.9 Å². The van der Waals surface area contributed by atoms with Gasteiger partial charge in [0.05, 0.1) is 15.2 Å². The first-order valence-corrected chi connectivity index (χ1v) is 6.98. The first-order valence-electron chi connectivity index (χ1n) is 5.41. The summed E-state index contributed by atoms with van der Waals surface area (Å²) in [5, 5.41) is 1.33. The third kappa shape index (κ3) is 2.47. The fourth-order valence-electron chi connectivity index (χ4n) is 1.62. The zero-order valence-corrected chi connectivity index (χ0v) is 11.9. The maximum atomic E-state index is 6.07. The van der Waals surface area contributed by atoms with E-state index in [9.17, 15) is 0 Å². The minimum Gasteiger partial charge on any atom is -0.429 e. The number of fused-ring (bicyclic) bond motifs is 1. The average molecular weight is 311 g/mol. The van der Waals surface area contributed by atoms with E-state index >= 15 is 0 Å². The lowest BCUT2D eigenvalue weighted by molar-refractivity contribution is 0.480. The van der Waals surface area contributed by atoms with Gasteiger partial charge in [-0.3, -0.25) is 0 Å². The van der Waals surface area contributed by atoms with Crippen LogP contribution in [0.25, 0.3) is 10.2 Å². The number of hydrogen-bond donors (Lipinski definition) is 1. The van der Waals surface area contributed by atoms with Crippen LogP contribution in [0.5, 0.6) is 10.9 Å². The number of aromatic nitrogens is 1. The van der Waals surface area contributed by atoms with Crippen LogP contribution in [0.2, 0.25) is 10.0 Å². The smallest absolute Gasteiger partial charge is 0.279 e. The number of halogens is 2. The molecule has 0 atom stereocenters. The highest BCUT2D eigenvalue weighted by Crippen LogP contribution is 2.37. The number of nitrogen functional groups attached to an aromatic ring is 1. The Bertz CT molecular complexity index is 757. The Morgan fingerprint density at radius 1 is 1.16 bits per heavy atom. The monoisotopic (exact) mass is 310 g/mol. The maximum absolute atomic E-state index is 6.07. The predicted octanol–water partition coefficient (Wildman–Crippen LogP) is 4.98. The Morgan fingerprint density at radius 2 is 2.00 bits per heavy atom. The van der Waals surface area contributed by atoms with Gasteiger partial charge in [0.2, 0.25) is 0 Å².